The topological polar surface area (TPSA) is 135 Å². The van der Waals surface area contributed by atoms with Crippen molar-refractivity contribution in [1.82, 2.24) is 0 Å². The summed E-state index contributed by atoms with van der Waals surface area (Å²) in [5.41, 5.74) is -0.362. The number of benzene rings is 2. The lowest BCUT2D eigenvalue weighted by molar-refractivity contribution is -0.146. The van der Waals surface area contributed by atoms with Crippen LogP contribution in [0.5, 0.6) is 17.2 Å². The Bertz CT molecular complexity index is 1960. The van der Waals surface area contributed by atoms with Gasteiger partial charge in [-0.1, -0.05) is 59.8 Å². The molecular formula is C39H45Cl2F2NO10S2. The van der Waals surface area contributed by atoms with Crippen LogP contribution in [0, 0.1) is 11.8 Å². The van der Waals surface area contributed by atoms with Gasteiger partial charge < -0.3 is 23.7 Å². The summed E-state index contributed by atoms with van der Waals surface area (Å²) < 4.78 is 80.3. The second kappa shape index (κ2) is 19.6. The molecule has 1 atom stereocenters. The standard InChI is InChI=1S/C39H45Cl2F2NO10S2/c1-7-28(40)27(29(41)8-2)19-32(25-14-16-31(53-37(42)43)34(17-25)51-21-24-11-12-24)52-35(45)22-55-36(46)26-13-15-30(33(18-26)50-20-23-9-10-23)44(56(6,48)49)38(47)54-39(3,4)5/h7-8,13-18,23-24,32,37H,1,9-12,19-22H2,2-6H3/b28-27+,29-8+/t32-/m0/s1. The van der Waals surface area contributed by atoms with Crippen LogP contribution in [0.25, 0.3) is 0 Å². The summed E-state index contributed by atoms with van der Waals surface area (Å²) in [6, 6.07) is 8.07. The van der Waals surface area contributed by atoms with Gasteiger partial charge in [-0.05, 0) is 107 Å². The maximum absolute atomic E-state index is 13.5. The number of rotatable bonds is 19. The van der Waals surface area contributed by atoms with Gasteiger partial charge in [0, 0.05) is 22.0 Å². The Morgan fingerprint density at radius 3 is 2.14 bits per heavy atom. The first-order valence-corrected chi connectivity index (χ1v) is 21.3. The molecule has 0 aliphatic heterocycles. The predicted molar refractivity (Wildman–Crippen MR) is 212 cm³/mol. The van der Waals surface area contributed by atoms with Crippen molar-refractivity contribution in [3.8, 4) is 17.2 Å². The summed E-state index contributed by atoms with van der Waals surface area (Å²) in [5, 5.41) is -0.139. The highest BCUT2D eigenvalue weighted by Crippen LogP contribution is 2.40. The highest BCUT2D eigenvalue weighted by Gasteiger charge is 2.34. The van der Waals surface area contributed by atoms with Crippen LogP contribution in [0.4, 0.5) is 19.3 Å². The van der Waals surface area contributed by atoms with E-state index in [-0.39, 0.29) is 70.0 Å². The van der Waals surface area contributed by atoms with Crippen molar-refractivity contribution in [3.63, 3.8) is 0 Å². The number of esters is 1. The van der Waals surface area contributed by atoms with Crippen molar-refractivity contribution in [2.24, 2.45) is 11.8 Å². The lowest BCUT2D eigenvalue weighted by atomic mass is 9.99. The van der Waals surface area contributed by atoms with Crippen molar-refractivity contribution in [1.29, 1.82) is 0 Å². The second-order valence-corrected chi connectivity index (χ2v) is 17.8. The molecule has 11 nitrogen and oxygen atoms in total. The predicted octanol–water partition coefficient (Wildman–Crippen LogP) is 9.94. The summed E-state index contributed by atoms with van der Waals surface area (Å²) in [6.45, 7) is 7.56. The number of thioether (sulfide) groups is 1. The van der Waals surface area contributed by atoms with Gasteiger partial charge in [0.25, 0.3) is 0 Å². The number of alkyl halides is 2. The van der Waals surface area contributed by atoms with Crippen LogP contribution >= 0.6 is 35.0 Å². The largest absolute Gasteiger partial charge is 0.491 e. The molecule has 2 aromatic rings. The van der Waals surface area contributed by atoms with E-state index in [0.717, 1.165) is 31.9 Å². The van der Waals surface area contributed by atoms with Gasteiger partial charge >= 0.3 is 18.7 Å². The fourth-order valence-corrected chi connectivity index (χ4v) is 6.91. The van der Waals surface area contributed by atoms with Gasteiger partial charge in [0.1, 0.15) is 23.1 Å². The van der Waals surface area contributed by atoms with E-state index in [1.807, 2.05) is 0 Å². The van der Waals surface area contributed by atoms with E-state index in [2.05, 4.69) is 11.3 Å². The molecule has 0 bridgehead atoms. The molecule has 0 spiro atoms. The molecule has 0 aromatic heterocycles. The van der Waals surface area contributed by atoms with Gasteiger partial charge in [0.15, 0.2) is 11.5 Å². The number of carbonyl (C=O) groups is 3. The zero-order valence-electron chi connectivity index (χ0n) is 31.7. The highest BCUT2D eigenvalue weighted by molar-refractivity contribution is 8.14. The number of carbonyl (C=O) groups excluding carboxylic acids is 3. The fourth-order valence-electron chi connectivity index (χ4n) is 5.08. The molecule has 17 heteroatoms. The van der Waals surface area contributed by atoms with E-state index in [0.29, 0.717) is 27.2 Å². The van der Waals surface area contributed by atoms with Crippen LogP contribution in [-0.2, 0) is 24.3 Å². The Labute approximate surface area is 340 Å². The van der Waals surface area contributed by atoms with Crippen LogP contribution in [-0.4, -0.2) is 63.0 Å². The minimum Gasteiger partial charge on any atom is -0.491 e. The highest BCUT2D eigenvalue weighted by atomic mass is 35.5. The first kappa shape index (κ1) is 44.9. The molecule has 1 amide bonds. The summed E-state index contributed by atoms with van der Waals surface area (Å²) in [7, 11) is -4.21. The Balaban J connectivity index is 1.59. The smallest absolute Gasteiger partial charge is 0.429 e. The van der Waals surface area contributed by atoms with Crippen molar-refractivity contribution >= 4 is 67.9 Å². The van der Waals surface area contributed by atoms with Gasteiger partial charge in [-0.25, -0.2) is 13.2 Å². The Morgan fingerprint density at radius 2 is 1.61 bits per heavy atom. The third kappa shape index (κ3) is 13.7. The molecule has 56 heavy (non-hydrogen) atoms. The molecule has 2 fully saturated rings. The molecule has 2 aliphatic carbocycles. The first-order valence-electron chi connectivity index (χ1n) is 17.7. The van der Waals surface area contributed by atoms with Crippen LogP contribution in [0.2, 0.25) is 0 Å². The van der Waals surface area contributed by atoms with E-state index in [4.69, 9.17) is 42.1 Å². The zero-order valence-corrected chi connectivity index (χ0v) is 34.8. The number of ether oxygens (including phenoxy) is 5. The van der Waals surface area contributed by atoms with Crippen molar-refractivity contribution in [3.05, 3.63) is 81.9 Å². The first-order chi connectivity index (χ1) is 26.3. The number of nitrogens with zero attached hydrogens (tertiary/aromatic N) is 1. The normalized spacial score (nSPS) is 15.7. The Morgan fingerprint density at radius 1 is 0.982 bits per heavy atom. The summed E-state index contributed by atoms with van der Waals surface area (Å²) in [4.78, 5) is 40.0. The monoisotopic (exact) mass is 859 g/mol. The molecule has 306 valence electrons. The molecule has 2 aromatic carbocycles. The summed E-state index contributed by atoms with van der Waals surface area (Å²) in [5.74, 6) is -0.965. The van der Waals surface area contributed by atoms with Gasteiger partial charge in [-0.15, -0.1) is 0 Å². The molecule has 0 radical (unpaired) electrons. The Kier molecular flexibility index (Phi) is 15.7. The number of sulfonamides is 1. The minimum absolute atomic E-state index is 0.0297. The summed E-state index contributed by atoms with van der Waals surface area (Å²) >= 11 is 13.6. The van der Waals surface area contributed by atoms with E-state index in [1.54, 1.807) is 33.8 Å². The molecule has 0 unspecified atom stereocenters. The summed E-state index contributed by atoms with van der Waals surface area (Å²) in [6.07, 6.45) is 5.23. The number of hydrogen-bond acceptors (Lipinski definition) is 11. The van der Waals surface area contributed by atoms with E-state index < -0.39 is 51.3 Å². The number of hydrogen-bond donors (Lipinski definition) is 0. The molecule has 0 N–H and O–H groups in total. The van der Waals surface area contributed by atoms with Crippen molar-refractivity contribution < 1.29 is 55.3 Å². The zero-order chi connectivity index (χ0) is 41.4. The maximum atomic E-state index is 13.5. The molecule has 4 rings (SSSR count). The average molecular weight is 861 g/mol. The fraction of sp³-hybridized carbons (Fsp3) is 0.462. The van der Waals surface area contributed by atoms with Crippen LogP contribution in [0.15, 0.2) is 70.8 Å². The van der Waals surface area contributed by atoms with Gasteiger partial charge in [0.05, 0.1) is 25.2 Å². The van der Waals surface area contributed by atoms with E-state index in [9.17, 15) is 31.6 Å². The SMILES string of the molecule is C=C/C(Cl)=C(C[C@H](OC(=O)CSC(=O)c1ccc(N(C(=O)OC(C)(C)C)S(C)(=O)=O)c(OCC2CC2)c1)c1ccc(OC(F)F)c(OCC2CC2)c1)\C(Cl)=C/C. The van der Waals surface area contributed by atoms with E-state index in [1.165, 1.54) is 42.5 Å². The third-order valence-electron chi connectivity index (χ3n) is 8.20. The molecule has 0 heterocycles. The van der Waals surface area contributed by atoms with Gasteiger partial charge in [-0.3, -0.25) is 9.59 Å². The molecule has 0 saturated heterocycles. The quantitative estimate of drug-likeness (QED) is 0.0987. The van der Waals surface area contributed by atoms with Gasteiger partial charge in [-0.2, -0.15) is 13.1 Å². The maximum Gasteiger partial charge on any atom is 0.429 e. The van der Waals surface area contributed by atoms with Crippen LogP contribution in [0.3, 0.4) is 0 Å². The second-order valence-electron chi connectivity index (χ2n) is 14.2. The number of anilines is 1. The Hall–Kier alpha value is -3.79. The lowest BCUT2D eigenvalue weighted by Crippen LogP contribution is -2.40. The van der Waals surface area contributed by atoms with Crippen molar-refractivity contribution in [2.45, 2.75) is 78.1 Å². The molecular weight excluding hydrogens is 815 g/mol. The third-order valence-corrected chi connectivity index (χ3v) is 10.9. The van der Waals surface area contributed by atoms with Crippen LogP contribution < -0.4 is 18.5 Å². The van der Waals surface area contributed by atoms with Crippen molar-refractivity contribution in [2.75, 3.05) is 29.5 Å². The number of halogens is 4. The minimum atomic E-state index is -4.21. The van der Waals surface area contributed by atoms with Crippen LogP contribution in [0.1, 0.15) is 81.8 Å². The number of amides is 1. The average Bonchev–Trinajstić information content (AvgIpc) is 4.05. The number of allylic oxidation sites excluding steroid dienone is 4. The molecule has 2 saturated carbocycles. The van der Waals surface area contributed by atoms with E-state index >= 15 is 0 Å². The lowest BCUT2D eigenvalue weighted by Gasteiger charge is -2.27. The molecule has 2 aliphatic rings. The van der Waals surface area contributed by atoms with Gasteiger partial charge in [0.2, 0.25) is 15.1 Å².